The van der Waals surface area contributed by atoms with Gasteiger partial charge >= 0.3 is 0 Å². The fourth-order valence-electron chi connectivity index (χ4n) is 6.94. The van der Waals surface area contributed by atoms with Crippen LogP contribution in [0.15, 0.2) is 60.7 Å². The van der Waals surface area contributed by atoms with Crippen LogP contribution in [0, 0.1) is 5.92 Å². The van der Waals surface area contributed by atoms with Gasteiger partial charge in [0.25, 0.3) is 5.91 Å². The van der Waals surface area contributed by atoms with Crippen LogP contribution in [0.5, 0.6) is 11.5 Å². The van der Waals surface area contributed by atoms with Crippen LogP contribution in [0.1, 0.15) is 87.9 Å². The molecule has 1 unspecified atom stereocenters. The predicted octanol–water partition coefficient (Wildman–Crippen LogP) is 8.06. The average molecular weight is 540 g/mol. The minimum absolute atomic E-state index is 0.115. The number of nitrogens with zero attached hydrogens (tertiary/aromatic N) is 3. The summed E-state index contributed by atoms with van der Waals surface area (Å²) in [5.41, 5.74) is 5.51. The van der Waals surface area contributed by atoms with E-state index in [1.807, 2.05) is 12.1 Å². The molecule has 5 nitrogen and oxygen atoms in total. The summed E-state index contributed by atoms with van der Waals surface area (Å²) in [5, 5.41) is 0. The maximum atomic E-state index is 14.3. The van der Waals surface area contributed by atoms with Crippen molar-refractivity contribution in [2.45, 2.75) is 66.3 Å². The van der Waals surface area contributed by atoms with Gasteiger partial charge in [0.1, 0.15) is 17.0 Å². The van der Waals surface area contributed by atoms with Gasteiger partial charge in [-0.2, -0.15) is 0 Å². The maximum Gasteiger partial charge on any atom is 0.255 e. The summed E-state index contributed by atoms with van der Waals surface area (Å²) < 4.78 is 6.81. The van der Waals surface area contributed by atoms with Crippen molar-refractivity contribution in [3.05, 3.63) is 82.9 Å². The number of ether oxygens (including phenoxy) is 1. The van der Waals surface area contributed by atoms with Crippen molar-refractivity contribution in [2.24, 2.45) is 5.92 Å². The SMILES string of the molecule is CCCC(CC)CN1C(=O)c2ccccc2C12c1ccc(N(CC)CC)cc1Oc1cc(N(CC)CC)ccc12. The van der Waals surface area contributed by atoms with Gasteiger partial charge in [-0.1, -0.05) is 57.0 Å². The van der Waals surface area contributed by atoms with Gasteiger partial charge in [0.2, 0.25) is 0 Å². The topological polar surface area (TPSA) is 36.0 Å². The van der Waals surface area contributed by atoms with Gasteiger partial charge in [-0.05, 0) is 63.8 Å². The Bertz CT molecular complexity index is 1300. The van der Waals surface area contributed by atoms with E-state index in [4.69, 9.17) is 4.74 Å². The molecular weight excluding hydrogens is 494 g/mol. The zero-order chi connectivity index (χ0) is 28.4. The molecule has 5 rings (SSSR count). The number of benzene rings is 3. The second kappa shape index (κ2) is 11.6. The molecule has 0 radical (unpaired) electrons. The quantitative estimate of drug-likeness (QED) is 0.247. The van der Waals surface area contributed by atoms with Crippen LogP contribution in [0.2, 0.25) is 0 Å². The minimum atomic E-state index is -0.735. The number of carbonyl (C=O) groups excluding carboxylic acids is 1. The molecule has 3 aromatic carbocycles. The third-order valence-corrected chi connectivity index (χ3v) is 9.10. The second-order valence-electron chi connectivity index (χ2n) is 11.0. The van der Waals surface area contributed by atoms with Gasteiger partial charge in [-0.25, -0.2) is 0 Å². The highest BCUT2D eigenvalue weighted by molar-refractivity contribution is 6.02. The summed E-state index contributed by atoms with van der Waals surface area (Å²) in [6, 6.07) is 21.4. The molecule has 1 spiro atoms. The molecule has 0 N–H and O–H groups in total. The lowest BCUT2D eigenvalue weighted by molar-refractivity contribution is 0.0615. The molecule has 0 saturated carbocycles. The number of hydrogen-bond donors (Lipinski definition) is 0. The molecule has 5 heteroatoms. The average Bonchev–Trinajstić information content (AvgIpc) is 3.22. The largest absolute Gasteiger partial charge is 0.456 e. The number of anilines is 2. The van der Waals surface area contributed by atoms with E-state index in [-0.39, 0.29) is 5.91 Å². The van der Waals surface area contributed by atoms with Crippen molar-refractivity contribution in [2.75, 3.05) is 42.5 Å². The van der Waals surface area contributed by atoms with Gasteiger partial charge in [-0.3, -0.25) is 4.79 Å². The zero-order valence-corrected chi connectivity index (χ0v) is 25.2. The Labute approximate surface area is 240 Å². The third-order valence-electron chi connectivity index (χ3n) is 9.10. The molecule has 40 heavy (non-hydrogen) atoms. The van der Waals surface area contributed by atoms with E-state index in [1.54, 1.807) is 0 Å². The fraction of sp³-hybridized carbons (Fsp3) is 0.457. The van der Waals surface area contributed by atoms with Crippen molar-refractivity contribution >= 4 is 17.3 Å². The maximum absolute atomic E-state index is 14.3. The fourth-order valence-corrected chi connectivity index (χ4v) is 6.94. The van der Waals surface area contributed by atoms with Crippen LogP contribution < -0.4 is 14.5 Å². The van der Waals surface area contributed by atoms with E-state index in [2.05, 4.69) is 105 Å². The van der Waals surface area contributed by atoms with E-state index in [1.165, 1.54) is 0 Å². The summed E-state index contributed by atoms with van der Waals surface area (Å²) in [6.07, 6.45) is 3.25. The molecule has 212 valence electrons. The molecule has 0 bridgehead atoms. The zero-order valence-electron chi connectivity index (χ0n) is 25.2. The summed E-state index contributed by atoms with van der Waals surface area (Å²) >= 11 is 0. The predicted molar refractivity (Wildman–Crippen MR) is 166 cm³/mol. The molecule has 2 aliphatic heterocycles. The summed E-state index contributed by atoms with van der Waals surface area (Å²) in [4.78, 5) is 21.2. The van der Waals surface area contributed by atoms with Crippen LogP contribution in [0.4, 0.5) is 11.4 Å². The van der Waals surface area contributed by atoms with Crippen LogP contribution in [0.25, 0.3) is 0 Å². The summed E-state index contributed by atoms with van der Waals surface area (Å²) in [7, 11) is 0. The van der Waals surface area contributed by atoms with Crippen molar-refractivity contribution < 1.29 is 9.53 Å². The molecule has 2 aliphatic rings. The Morgan fingerprint density at radius 2 is 1.30 bits per heavy atom. The number of carbonyl (C=O) groups is 1. The Morgan fingerprint density at radius 1 is 0.750 bits per heavy atom. The Balaban J connectivity index is 1.81. The summed E-state index contributed by atoms with van der Waals surface area (Å²) in [5.74, 6) is 2.22. The summed E-state index contributed by atoms with van der Waals surface area (Å²) in [6.45, 7) is 17.6. The monoisotopic (exact) mass is 539 g/mol. The van der Waals surface area contributed by atoms with Crippen molar-refractivity contribution in [1.82, 2.24) is 4.90 Å². The first-order valence-corrected chi connectivity index (χ1v) is 15.4. The highest BCUT2D eigenvalue weighted by atomic mass is 16.5. The minimum Gasteiger partial charge on any atom is -0.456 e. The van der Waals surface area contributed by atoms with Crippen LogP contribution in [0.3, 0.4) is 0 Å². The van der Waals surface area contributed by atoms with Crippen LogP contribution >= 0.6 is 0 Å². The third kappa shape index (κ3) is 4.34. The van der Waals surface area contributed by atoms with Gasteiger partial charge < -0.3 is 19.4 Å². The molecule has 3 aromatic rings. The molecular formula is C35H45N3O2. The number of rotatable bonds is 11. The van der Waals surface area contributed by atoms with E-state index >= 15 is 0 Å². The van der Waals surface area contributed by atoms with E-state index < -0.39 is 5.54 Å². The van der Waals surface area contributed by atoms with Crippen molar-refractivity contribution in [1.29, 1.82) is 0 Å². The van der Waals surface area contributed by atoms with Gasteiger partial charge in [0.15, 0.2) is 0 Å². The van der Waals surface area contributed by atoms with Gasteiger partial charge in [-0.15, -0.1) is 0 Å². The van der Waals surface area contributed by atoms with E-state index in [0.717, 1.165) is 90.6 Å². The normalized spacial score (nSPS) is 15.3. The smallest absolute Gasteiger partial charge is 0.255 e. The Hall–Kier alpha value is -3.47. The Morgan fingerprint density at radius 3 is 1.80 bits per heavy atom. The van der Waals surface area contributed by atoms with Gasteiger partial charge in [0.05, 0.1) is 0 Å². The van der Waals surface area contributed by atoms with E-state index in [0.29, 0.717) is 12.5 Å². The van der Waals surface area contributed by atoms with Crippen molar-refractivity contribution in [3.63, 3.8) is 0 Å². The molecule has 0 aliphatic carbocycles. The number of amides is 1. The molecule has 0 saturated heterocycles. The first-order chi connectivity index (χ1) is 19.5. The lowest BCUT2D eigenvalue weighted by atomic mass is 9.74. The highest BCUT2D eigenvalue weighted by Gasteiger charge is 2.56. The molecule has 1 atom stereocenters. The lowest BCUT2D eigenvalue weighted by Crippen LogP contribution is -2.49. The number of fused-ring (bicyclic) bond motifs is 6. The molecule has 1 amide bonds. The van der Waals surface area contributed by atoms with Gasteiger partial charge in [0, 0.05) is 72.9 Å². The van der Waals surface area contributed by atoms with Crippen molar-refractivity contribution in [3.8, 4) is 11.5 Å². The first-order valence-electron chi connectivity index (χ1n) is 15.4. The first kappa shape index (κ1) is 28.1. The van der Waals surface area contributed by atoms with Crippen LogP contribution in [-0.2, 0) is 5.54 Å². The Kier molecular flexibility index (Phi) is 8.11. The molecule has 0 fully saturated rings. The van der Waals surface area contributed by atoms with E-state index in [9.17, 15) is 4.79 Å². The highest BCUT2D eigenvalue weighted by Crippen LogP contribution is 2.58. The second-order valence-corrected chi connectivity index (χ2v) is 11.0. The lowest BCUT2D eigenvalue weighted by Gasteiger charge is -2.45. The number of hydrogen-bond acceptors (Lipinski definition) is 4. The van der Waals surface area contributed by atoms with Crippen LogP contribution in [-0.4, -0.2) is 43.5 Å². The standard InChI is InChI=1S/C35H45N3O2/c1-7-15-25(8-2)24-38-34(39)28-16-13-14-17-29(28)35(38)30-20-18-26(36(9-3)10-4)22-32(30)40-33-23-27(19-21-31(33)35)37(11-5)12-6/h13-14,16-23,25H,7-12,15,24H2,1-6H3. The molecule has 2 heterocycles. The molecule has 0 aromatic heterocycles.